The van der Waals surface area contributed by atoms with Crippen LogP contribution >= 0.6 is 0 Å². The van der Waals surface area contributed by atoms with E-state index < -0.39 is 6.10 Å². The summed E-state index contributed by atoms with van der Waals surface area (Å²) < 4.78 is 0. The summed E-state index contributed by atoms with van der Waals surface area (Å²) in [4.78, 5) is 11.7. The van der Waals surface area contributed by atoms with E-state index in [1.54, 1.807) is 12.2 Å². The van der Waals surface area contributed by atoms with Crippen molar-refractivity contribution in [3.63, 3.8) is 0 Å². The van der Waals surface area contributed by atoms with Crippen molar-refractivity contribution in [1.29, 1.82) is 0 Å². The second kappa shape index (κ2) is 5.65. The lowest BCUT2D eigenvalue weighted by Crippen LogP contribution is -2.32. The SMILES string of the molecule is C/C=C/C=C/C(=O)NC1c2ccccc2CC1O. The van der Waals surface area contributed by atoms with Crippen LogP contribution in [0.25, 0.3) is 0 Å². The zero-order valence-corrected chi connectivity index (χ0v) is 10.3. The molecule has 0 spiro atoms. The number of nitrogens with one attached hydrogen (secondary N) is 1. The Kier molecular flexibility index (Phi) is 3.95. The number of rotatable bonds is 3. The predicted molar refractivity (Wildman–Crippen MR) is 71.0 cm³/mol. The Morgan fingerprint density at radius 2 is 2.17 bits per heavy atom. The van der Waals surface area contributed by atoms with Crippen LogP contribution in [-0.4, -0.2) is 17.1 Å². The molecule has 1 amide bonds. The van der Waals surface area contributed by atoms with Crippen LogP contribution in [0.5, 0.6) is 0 Å². The molecule has 2 N–H and O–H groups in total. The zero-order valence-electron chi connectivity index (χ0n) is 10.3. The molecule has 0 bridgehead atoms. The molecule has 0 heterocycles. The van der Waals surface area contributed by atoms with Crippen molar-refractivity contribution in [2.24, 2.45) is 0 Å². The van der Waals surface area contributed by atoms with Crippen LogP contribution < -0.4 is 5.32 Å². The number of allylic oxidation sites excluding steroid dienone is 3. The van der Waals surface area contributed by atoms with Gasteiger partial charge in [0, 0.05) is 12.5 Å². The van der Waals surface area contributed by atoms with Gasteiger partial charge in [0.25, 0.3) is 0 Å². The maximum atomic E-state index is 11.7. The highest BCUT2D eigenvalue weighted by atomic mass is 16.3. The third kappa shape index (κ3) is 2.68. The van der Waals surface area contributed by atoms with Crippen molar-refractivity contribution in [1.82, 2.24) is 5.32 Å². The summed E-state index contributed by atoms with van der Waals surface area (Å²) in [6.07, 6.45) is 6.85. The lowest BCUT2D eigenvalue weighted by Gasteiger charge is -2.16. The summed E-state index contributed by atoms with van der Waals surface area (Å²) in [5.74, 6) is -0.186. The van der Waals surface area contributed by atoms with Gasteiger partial charge in [0.15, 0.2) is 0 Å². The average molecular weight is 243 g/mol. The summed E-state index contributed by atoms with van der Waals surface area (Å²) in [5, 5.41) is 12.8. The number of amides is 1. The summed E-state index contributed by atoms with van der Waals surface area (Å²) in [7, 11) is 0. The number of benzene rings is 1. The van der Waals surface area contributed by atoms with Gasteiger partial charge in [-0.3, -0.25) is 4.79 Å². The van der Waals surface area contributed by atoms with Gasteiger partial charge in [-0.05, 0) is 18.1 Å². The van der Waals surface area contributed by atoms with Gasteiger partial charge in [0.2, 0.25) is 5.91 Å². The van der Waals surface area contributed by atoms with Crippen LogP contribution in [0.3, 0.4) is 0 Å². The molecule has 2 rings (SSSR count). The number of hydrogen-bond acceptors (Lipinski definition) is 2. The van der Waals surface area contributed by atoms with Crippen molar-refractivity contribution < 1.29 is 9.90 Å². The Morgan fingerprint density at radius 1 is 1.39 bits per heavy atom. The van der Waals surface area contributed by atoms with Gasteiger partial charge in [-0.1, -0.05) is 42.5 Å². The third-order valence-corrected chi connectivity index (χ3v) is 3.05. The fraction of sp³-hybridized carbons (Fsp3) is 0.267. The van der Waals surface area contributed by atoms with Gasteiger partial charge in [-0.15, -0.1) is 0 Å². The normalized spacial score (nSPS) is 22.6. The number of aliphatic hydroxyl groups is 1. The molecule has 2 atom stereocenters. The second-order valence-corrected chi connectivity index (χ2v) is 4.34. The molecular weight excluding hydrogens is 226 g/mol. The zero-order chi connectivity index (χ0) is 13.0. The van der Waals surface area contributed by atoms with Crippen LogP contribution in [0.1, 0.15) is 24.1 Å². The minimum Gasteiger partial charge on any atom is -0.390 e. The topological polar surface area (TPSA) is 49.3 Å². The van der Waals surface area contributed by atoms with Crippen molar-refractivity contribution >= 4 is 5.91 Å². The van der Waals surface area contributed by atoms with Gasteiger partial charge >= 0.3 is 0 Å². The van der Waals surface area contributed by atoms with Gasteiger partial charge < -0.3 is 10.4 Å². The Balaban J connectivity index is 2.08. The lowest BCUT2D eigenvalue weighted by molar-refractivity contribution is -0.117. The molecule has 18 heavy (non-hydrogen) atoms. The fourth-order valence-corrected chi connectivity index (χ4v) is 2.20. The standard InChI is InChI=1S/C15H17NO2/c1-2-3-4-9-14(18)16-15-12-8-6-5-7-11(12)10-13(15)17/h2-9,13,15,17H,10H2,1H3,(H,16,18)/b3-2+,9-4+. The molecule has 1 aliphatic carbocycles. The first-order valence-corrected chi connectivity index (χ1v) is 6.08. The summed E-state index contributed by atoms with van der Waals surface area (Å²) in [6.45, 7) is 1.89. The first-order chi connectivity index (χ1) is 8.72. The van der Waals surface area contributed by atoms with E-state index in [0.717, 1.165) is 11.1 Å². The molecule has 3 heteroatoms. The number of aliphatic hydroxyl groups excluding tert-OH is 1. The molecule has 0 saturated carbocycles. The molecule has 0 fully saturated rings. The lowest BCUT2D eigenvalue weighted by atomic mass is 10.1. The minimum absolute atomic E-state index is 0.186. The van der Waals surface area contributed by atoms with Gasteiger partial charge in [-0.2, -0.15) is 0 Å². The molecule has 0 saturated heterocycles. The first-order valence-electron chi connectivity index (χ1n) is 6.08. The van der Waals surface area contributed by atoms with E-state index >= 15 is 0 Å². The van der Waals surface area contributed by atoms with Gasteiger partial charge in [0.1, 0.15) is 0 Å². The molecule has 0 aliphatic heterocycles. The third-order valence-electron chi connectivity index (χ3n) is 3.05. The highest BCUT2D eigenvalue weighted by Crippen LogP contribution is 2.31. The van der Waals surface area contributed by atoms with E-state index in [2.05, 4.69) is 5.32 Å². The first kappa shape index (κ1) is 12.6. The monoisotopic (exact) mass is 243 g/mol. The van der Waals surface area contributed by atoms with Crippen LogP contribution in [0.15, 0.2) is 48.6 Å². The smallest absolute Gasteiger partial charge is 0.244 e. The molecule has 3 nitrogen and oxygen atoms in total. The molecule has 0 aromatic heterocycles. The molecule has 1 aliphatic rings. The van der Waals surface area contributed by atoms with Crippen LogP contribution in [-0.2, 0) is 11.2 Å². The van der Waals surface area contributed by atoms with Gasteiger partial charge in [0.05, 0.1) is 12.1 Å². The van der Waals surface area contributed by atoms with E-state index in [1.165, 1.54) is 6.08 Å². The highest BCUT2D eigenvalue weighted by Gasteiger charge is 2.31. The van der Waals surface area contributed by atoms with Crippen molar-refractivity contribution in [3.05, 3.63) is 59.7 Å². The Morgan fingerprint density at radius 3 is 2.94 bits per heavy atom. The Labute approximate surface area is 107 Å². The van der Waals surface area contributed by atoms with E-state index in [1.807, 2.05) is 37.3 Å². The Bertz CT molecular complexity index is 491. The molecule has 1 aromatic rings. The van der Waals surface area contributed by atoms with Gasteiger partial charge in [-0.25, -0.2) is 0 Å². The number of hydrogen-bond donors (Lipinski definition) is 2. The average Bonchev–Trinajstić information content (AvgIpc) is 2.67. The summed E-state index contributed by atoms with van der Waals surface area (Å²) in [6, 6.07) is 7.50. The maximum Gasteiger partial charge on any atom is 0.244 e. The predicted octanol–water partition coefficient (Wildman–Crippen LogP) is 1.89. The van der Waals surface area contributed by atoms with E-state index in [0.29, 0.717) is 6.42 Å². The Hall–Kier alpha value is -1.87. The number of carbonyl (C=O) groups is 1. The summed E-state index contributed by atoms with van der Waals surface area (Å²) in [5.41, 5.74) is 2.12. The van der Waals surface area contributed by atoms with Crippen molar-refractivity contribution in [3.8, 4) is 0 Å². The quantitative estimate of drug-likeness (QED) is 0.629. The molecular formula is C15H17NO2. The van der Waals surface area contributed by atoms with E-state index in [9.17, 15) is 9.90 Å². The molecule has 2 unspecified atom stereocenters. The largest absolute Gasteiger partial charge is 0.390 e. The van der Waals surface area contributed by atoms with Crippen molar-refractivity contribution in [2.75, 3.05) is 0 Å². The molecule has 94 valence electrons. The molecule has 1 aromatic carbocycles. The van der Waals surface area contributed by atoms with Crippen molar-refractivity contribution in [2.45, 2.75) is 25.5 Å². The van der Waals surface area contributed by atoms with Crippen LogP contribution in [0.2, 0.25) is 0 Å². The number of fused-ring (bicyclic) bond motifs is 1. The molecule has 0 radical (unpaired) electrons. The highest BCUT2D eigenvalue weighted by molar-refractivity contribution is 5.88. The second-order valence-electron chi connectivity index (χ2n) is 4.34. The number of carbonyl (C=O) groups excluding carboxylic acids is 1. The van der Waals surface area contributed by atoms with E-state index in [4.69, 9.17) is 0 Å². The van der Waals surface area contributed by atoms with Crippen LogP contribution in [0.4, 0.5) is 0 Å². The maximum absolute atomic E-state index is 11.7. The summed E-state index contributed by atoms with van der Waals surface area (Å²) >= 11 is 0. The fourth-order valence-electron chi connectivity index (χ4n) is 2.20. The van der Waals surface area contributed by atoms with Crippen LogP contribution in [0, 0.1) is 0 Å². The van der Waals surface area contributed by atoms with E-state index in [-0.39, 0.29) is 11.9 Å². The minimum atomic E-state index is -0.540.